The van der Waals surface area contributed by atoms with Gasteiger partial charge in [-0.1, -0.05) is 0 Å². The van der Waals surface area contributed by atoms with E-state index in [2.05, 4.69) is 4.90 Å². The molecule has 0 aromatic carbocycles. The predicted molar refractivity (Wildman–Crippen MR) is 86.1 cm³/mol. The van der Waals surface area contributed by atoms with Crippen LogP contribution in [0.15, 0.2) is 0 Å². The van der Waals surface area contributed by atoms with Gasteiger partial charge in [-0.3, -0.25) is 0 Å². The maximum Gasteiger partial charge on any atom is 0.0434 e. The fraction of sp³-hybridized carbons (Fsp3) is 1.00. The van der Waals surface area contributed by atoms with Crippen molar-refractivity contribution in [2.45, 2.75) is 64.2 Å². The molecule has 0 spiro atoms. The quantitative estimate of drug-likeness (QED) is 0.835. The monoisotopic (exact) mass is 291 g/mol. The smallest absolute Gasteiger partial charge is 0.0434 e. The molecule has 1 N–H and O–H groups in total. The number of rotatable bonds is 5. The number of aliphatic hydroxyl groups excluding tert-OH is 1. The zero-order chi connectivity index (χ0) is 14.3. The third kappa shape index (κ3) is 3.03. The molecule has 1 aliphatic heterocycles. The van der Waals surface area contributed by atoms with E-state index in [0.717, 1.165) is 35.5 Å². The van der Waals surface area contributed by atoms with E-state index in [0.29, 0.717) is 6.61 Å². The molecule has 5 fully saturated rings. The minimum atomic E-state index is 0.382. The van der Waals surface area contributed by atoms with Gasteiger partial charge in [0.2, 0.25) is 0 Å². The van der Waals surface area contributed by atoms with Gasteiger partial charge in [0.25, 0.3) is 0 Å². The minimum Gasteiger partial charge on any atom is -0.396 e. The highest BCUT2D eigenvalue weighted by Crippen LogP contribution is 2.61. The van der Waals surface area contributed by atoms with Gasteiger partial charge in [0.15, 0.2) is 0 Å². The molecule has 4 bridgehead atoms. The Morgan fingerprint density at radius 3 is 2.29 bits per heavy atom. The Balaban J connectivity index is 1.32. The van der Waals surface area contributed by atoms with E-state index < -0.39 is 0 Å². The summed E-state index contributed by atoms with van der Waals surface area (Å²) >= 11 is 0. The van der Waals surface area contributed by atoms with Crippen LogP contribution in [-0.4, -0.2) is 36.2 Å². The van der Waals surface area contributed by atoms with Gasteiger partial charge in [0, 0.05) is 13.2 Å². The van der Waals surface area contributed by atoms with Crippen molar-refractivity contribution in [2.24, 2.45) is 29.1 Å². The first kappa shape index (κ1) is 14.5. The lowest BCUT2D eigenvalue weighted by Gasteiger charge is -2.57. The van der Waals surface area contributed by atoms with Crippen molar-refractivity contribution in [1.82, 2.24) is 4.90 Å². The topological polar surface area (TPSA) is 23.5 Å². The fourth-order valence-corrected chi connectivity index (χ4v) is 6.76. The molecule has 1 saturated heterocycles. The molecule has 1 atom stereocenters. The molecule has 0 radical (unpaired) electrons. The molecular formula is C19H33NO. The van der Waals surface area contributed by atoms with E-state index >= 15 is 0 Å². The maximum atomic E-state index is 9.17. The highest BCUT2D eigenvalue weighted by Gasteiger charge is 2.50. The van der Waals surface area contributed by atoms with Crippen LogP contribution in [0.2, 0.25) is 0 Å². The Kier molecular flexibility index (Phi) is 4.04. The summed E-state index contributed by atoms with van der Waals surface area (Å²) in [6.45, 7) is 4.29. The summed E-state index contributed by atoms with van der Waals surface area (Å²) in [7, 11) is 0. The number of hydrogen-bond acceptors (Lipinski definition) is 2. The molecule has 21 heavy (non-hydrogen) atoms. The van der Waals surface area contributed by atoms with Crippen LogP contribution in [0.25, 0.3) is 0 Å². The number of nitrogens with zero attached hydrogens (tertiary/aromatic N) is 1. The molecule has 5 aliphatic rings. The zero-order valence-corrected chi connectivity index (χ0v) is 13.6. The molecule has 120 valence electrons. The van der Waals surface area contributed by atoms with Crippen LogP contribution in [0.5, 0.6) is 0 Å². The Morgan fingerprint density at radius 2 is 1.67 bits per heavy atom. The van der Waals surface area contributed by atoms with Crippen LogP contribution in [0, 0.1) is 29.1 Å². The molecule has 4 aliphatic carbocycles. The fourth-order valence-electron chi connectivity index (χ4n) is 6.76. The summed E-state index contributed by atoms with van der Waals surface area (Å²) in [5.41, 5.74) is 0.749. The van der Waals surface area contributed by atoms with Crippen molar-refractivity contribution in [2.75, 3.05) is 26.2 Å². The second-order valence-electron chi connectivity index (χ2n) is 8.99. The van der Waals surface area contributed by atoms with Gasteiger partial charge in [0.05, 0.1) is 0 Å². The Labute approximate surface area is 130 Å². The van der Waals surface area contributed by atoms with Crippen molar-refractivity contribution >= 4 is 0 Å². The van der Waals surface area contributed by atoms with Crippen molar-refractivity contribution in [1.29, 1.82) is 0 Å². The first-order valence-corrected chi connectivity index (χ1v) is 9.58. The summed E-state index contributed by atoms with van der Waals surface area (Å²) in [5, 5.41) is 9.17. The van der Waals surface area contributed by atoms with Crippen molar-refractivity contribution in [3.63, 3.8) is 0 Å². The molecule has 0 amide bonds. The van der Waals surface area contributed by atoms with Gasteiger partial charge in [0.1, 0.15) is 0 Å². The maximum absolute atomic E-state index is 9.17. The molecule has 0 aromatic rings. The first-order valence-electron chi connectivity index (χ1n) is 9.58. The third-order valence-electron chi connectivity index (χ3n) is 7.26. The van der Waals surface area contributed by atoms with Gasteiger partial charge in [-0.15, -0.1) is 0 Å². The normalized spacial score (nSPS) is 46.1. The van der Waals surface area contributed by atoms with Gasteiger partial charge in [-0.05, 0) is 106 Å². The van der Waals surface area contributed by atoms with Crippen molar-refractivity contribution < 1.29 is 5.11 Å². The van der Waals surface area contributed by atoms with Crippen LogP contribution in [0.4, 0.5) is 0 Å². The summed E-state index contributed by atoms with van der Waals surface area (Å²) in [5.74, 6) is 4.05. The van der Waals surface area contributed by atoms with Gasteiger partial charge in [-0.2, -0.15) is 0 Å². The molecule has 0 aromatic heterocycles. The number of piperidine rings is 1. The van der Waals surface area contributed by atoms with E-state index in [1.807, 2.05) is 0 Å². The Morgan fingerprint density at radius 1 is 1.00 bits per heavy atom. The molecule has 1 unspecified atom stereocenters. The number of aliphatic hydroxyl groups is 1. The Hall–Kier alpha value is -0.0800. The average Bonchev–Trinajstić information content (AvgIpc) is 2.45. The largest absolute Gasteiger partial charge is 0.396 e. The van der Waals surface area contributed by atoms with Crippen molar-refractivity contribution in [3.05, 3.63) is 0 Å². The summed E-state index contributed by atoms with van der Waals surface area (Å²) in [6, 6.07) is 0. The average molecular weight is 291 g/mol. The van der Waals surface area contributed by atoms with Crippen LogP contribution >= 0.6 is 0 Å². The van der Waals surface area contributed by atoms with E-state index in [9.17, 15) is 0 Å². The van der Waals surface area contributed by atoms with Crippen molar-refractivity contribution in [3.8, 4) is 0 Å². The van der Waals surface area contributed by atoms with E-state index in [-0.39, 0.29) is 0 Å². The van der Waals surface area contributed by atoms with E-state index in [1.54, 1.807) is 38.5 Å². The summed E-state index contributed by atoms with van der Waals surface area (Å²) in [6.07, 6.45) is 14.6. The Bertz CT molecular complexity index is 329. The number of likely N-dealkylation sites (tertiary alicyclic amines) is 1. The van der Waals surface area contributed by atoms with Gasteiger partial charge in [-0.25, -0.2) is 0 Å². The summed E-state index contributed by atoms with van der Waals surface area (Å²) in [4.78, 5) is 2.72. The van der Waals surface area contributed by atoms with Crippen LogP contribution in [0.3, 0.4) is 0 Å². The molecule has 1 heterocycles. The second kappa shape index (κ2) is 5.85. The lowest BCUT2D eigenvalue weighted by Crippen LogP contribution is -2.48. The molecule has 5 rings (SSSR count). The zero-order valence-electron chi connectivity index (χ0n) is 13.6. The standard InChI is InChI=1S/C19H33NO/c21-7-3-15-2-1-5-20(14-15)6-4-19-11-16-8-17(12-19)10-18(9-16)13-19/h15-18,21H,1-14H2. The van der Waals surface area contributed by atoms with Gasteiger partial charge >= 0.3 is 0 Å². The second-order valence-corrected chi connectivity index (χ2v) is 8.99. The van der Waals surface area contributed by atoms with Crippen LogP contribution < -0.4 is 0 Å². The minimum absolute atomic E-state index is 0.382. The third-order valence-corrected chi connectivity index (χ3v) is 7.26. The highest BCUT2D eigenvalue weighted by molar-refractivity contribution is 5.01. The van der Waals surface area contributed by atoms with Crippen LogP contribution in [0.1, 0.15) is 64.2 Å². The molecule has 2 heteroatoms. The lowest BCUT2D eigenvalue weighted by atomic mass is 9.49. The first-order chi connectivity index (χ1) is 10.2. The summed E-state index contributed by atoms with van der Waals surface area (Å²) < 4.78 is 0. The van der Waals surface area contributed by atoms with E-state index in [4.69, 9.17) is 5.11 Å². The lowest BCUT2D eigenvalue weighted by molar-refractivity contribution is -0.0622. The molecule has 4 saturated carbocycles. The SMILES string of the molecule is OCCC1CCCN(CCC23CC4CC(CC(C4)C2)C3)C1. The predicted octanol–water partition coefficient (Wildman–Crippen LogP) is 3.69. The molecule has 2 nitrogen and oxygen atoms in total. The highest BCUT2D eigenvalue weighted by atomic mass is 16.3. The van der Waals surface area contributed by atoms with Gasteiger partial charge < -0.3 is 10.0 Å². The molecular weight excluding hydrogens is 258 g/mol. The van der Waals surface area contributed by atoms with E-state index in [1.165, 1.54) is 38.9 Å². The number of hydrogen-bond donors (Lipinski definition) is 1. The van der Waals surface area contributed by atoms with Crippen LogP contribution in [-0.2, 0) is 0 Å².